The van der Waals surface area contributed by atoms with Gasteiger partial charge in [-0.15, -0.1) is 0 Å². The zero-order valence-electron chi connectivity index (χ0n) is 16.9. The summed E-state index contributed by atoms with van der Waals surface area (Å²) in [4.78, 5) is 36.6. The Hall–Kier alpha value is -3.35. The summed E-state index contributed by atoms with van der Waals surface area (Å²) in [6.07, 6.45) is 4.01. The second kappa shape index (κ2) is 10.4. The van der Waals surface area contributed by atoms with Gasteiger partial charge in [0.25, 0.3) is 5.91 Å². The van der Waals surface area contributed by atoms with Crippen LogP contribution in [0.3, 0.4) is 0 Å². The molecule has 1 saturated carbocycles. The van der Waals surface area contributed by atoms with E-state index in [0.717, 1.165) is 25.7 Å². The highest BCUT2D eigenvalue weighted by atomic mass is 16.5. The molecular formula is C23H26N2O5. The standard InChI is InChI=1S/C23H26N2O5/c1-16(21(26)25-23(28)24-18-10-4-2-5-11-18)29-22(27)17-9-8-14-20(15-17)30-19-12-6-3-7-13-19/h3,6-9,12-16,18H,2,4-5,10-11H2,1H3,(H2,24,25,26,28)/t16-/m1/s1. The van der Waals surface area contributed by atoms with Crippen molar-refractivity contribution in [2.75, 3.05) is 0 Å². The molecule has 2 aromatic carbocycles. The van der Waals surface area contributed by atoms with E-state index in [9.17, 15) is 14.4 Å². The third-order valence-electron chi connectivity index (χ3n) is 4.88. The number of urea groups is 1. The fourth-order valence-corrected chi connectivity index (χ4v) is 3.28. The summed E-state index contributed by atoms with van der Waals surface area (Å²) in [6.45, 7) is 1.42. The Morgan fingerprint density at radius 1 is 0.933 bits per heavy atom. The monoisotopic (exact) mass is 410 g/mol. The molecule has 2 N–H and O–H groups in total. The van der Waals surface area contributed by atoms with E-state index in [1.165, 1.54) is 19.4 Å². The van der Waals surface area contributed by atoms with Crippen molar-refractivity contribution in [3.8, 4) is 11.5 Å². The Morgan fingerprint density at radius 2 is 1.63 bits per heavy atom. The summed E-state index contributed by atoms with van der Waals surface area (Å²) in [6, 6.07) is 15.2. The third kappa shape index (κ3) is 6.34. The average Bonchev–Trinajstić information content (AvgIpc) is 2.75. The van der Waals surface area contributed by atoms with E-state index in [2.05, 4.69) is 10.6 Å². The van der Waals surface area contributed by atoms with E-state index >= 15 is 0 Å². The minimum absolute atomic E-state index is 0.0803. The summed E-state index contributed by atoms with van der Waals surface area (Å²) >= 11 is 0. The van der Waals surface area contributed by atoms with Crippen molar-refractivity contribution in [2.24, 2.45) is 0 Å². The van der Waals surface area contributed by atoms with Gasteiger partial charge in [-0.25, -0.2) is 9.59 Å². The average molecular weight is 410 g/mol. The first-order chi connectivity index (χ1) is 14.5. The number of benzene rings is 2. The SMILES string of the molecule is C[C@@H](OC(=O)c1cccc(Oc2ccccc2)c1)C(=O)NC(=O)NC1CCCCC1. The predicted octanol–water partition coefficient (Wildman–Crippen LogP) is 4.18. The van der Waals surface area contributed by atoms with E-state index in [1.807, 2.05) is 18.2 Å². The lowest BCUT2D eigenvalue weighted by molar-refractivity contribution is -0.127. The van der Waals surface area contributed by atoms with Crippen molar-refractivity contribution in [1.29, 1.82) is 0 Å². The van der Waals surface area contributed by atoms with E-state index in [-0.39, 0.29) is 11.6 Å². The van der Waals surface area contributed by atoms with Gasteiger partial charge in [0.1, 0.15) is 11.5 Å². The lowest BCUT2D eigenvalue weighted by Crippen LogP contribution is -2.48. The Morgan fingerprint density at radius 3 is 2.37 bits per heavy atom. The normalized spacial score (nSPS) is 15.0. The van der Waals surface area contributed by atoms with Crippen LogP contribution in [0.4, 0.5) is 4.79 Å². The van der Waals surface area contributed by atoms with E-state index < -0.39 is 24.0 Å². The van der Waals surface area contributed by atoms with Crippen LogP contribution in [0.2, 0.25) is 0 Å². The van der Waals surface area contributed by atoms with Crippen LogP contribution in [0.1, 0.15) is 49.4 Å². The molecular weight excluding hydrogens is 384 g/mol. The van der Waals surface area contributed by atoms with Crippen molar-refractivity contribution >= 4 is 17.9 Å². The first-order valence-corrected chi connectivity index (χ1v) is 10.2. The van der Waals surface area contributed by atoms with Crippen molar-refractivity contribution in [3.63, 3.8) is 0 Å². The quantitative estimate of drug-likeness (QED) is 0.697. The zero-order valence-corrected chi connectivity index (χ0v) is 16.9. The second-order valence-corrected chi connectivity index (χ2v) is 7.29. The van der Waals surface area contributed by atoms with E-state index in [1.54, 1.807) is 30.3 Å². The highest BCUT2D eigenvalue weighted by Gasteiger charge is 2.23. The molecule has 0 bridgehead atoms. The summed E-state index contributed by atoms with van der Waals surface area (Å²) in [5.74, 6) is -0.239. The predicted molar refractivity (Wildman–Crippen MR) is 111 cm³/mol. The first kappa shape index (κ1) is 21.4. The van der Waals surface area contributed by atoms with Gasteiger partial charge in [0, 0.05) is 6.04 Å². The van der Waals surface area contributed by atoms with E-state index in [0.29, 0.717) is 11.5 Å². The highest BCUT2D eigenvalue weighted by Crippen LogP contribution is 2.22. The number of hydrogen-bond donors (Lipinski definition) is 2. The van der Waals surface area contributed by atoms with Crippen LogP contribution < -0.4 is 15.4 Å². The molecule has 30 heavy (non-hydrogen) atoms. The minimum atomic E-state index is -1.12. The minimum Gasteiger partial charge on any atom is -0.457 e. The summed E-state index contributed by atoms with van der Waals surface area (Å²) < 4.78 is 10.9. The van der Waals surface area contributed by atoms with Gasteiger partial charge in [-0.1, -0.05) is 43.5 Å². The largest absolute Gasteiger partial charge is 0.457 e. The molecule has 0 radical (unpaired) electrons. The molecule has 2 aromatic rings. The second-order valence-electron chi connectivity index (χ2n) is 7.29. The molecule has 3 rings (SSSR count). The van der Waals surface area contributed by atoms with Crippen molar-refractivity contribution < 1.29 is 23.9 Å². The van der Waals surface area contributed by atoms with Crippen LogP contribution in [0.15, 0.2) is 54.6 Å². The smallest absolute Gasteiger partial charge is 0.339 e. The molecule has 0 saturated heterocycles. The summed E-state index contributed by atoms with van der Waals surface area (Å²) in [7, 11) is 0. The van der Waals surface area contributed by atoms with Crippen LogP contribution in [0, 0.1) is 0 Å². The number of para-hydroxylation sites is 1. The molecule has 1 atom stereocenters. The number of ether oxygens (including phenoxy) is 2. The fraction of sp³-hybridized carbons (Fsp3) is 0.348. The van der Waals surface area contributed by atoms with Crippen LogP contribution in [0.5, 0.6) is 11.5 Å². The van der Waals surface area contributed by atoms with Crippen molar-refractivity contribution in [3.05, 3.63) is 60.2 Å². The number of hydrogen-bond acceptors (Lipinski definition) is 5. The van der Waals surface area contributed by atoms with Crippen LogP contribution >= 0.6 is 0 Å². The topological polar surface area (TPSA) is 93.7 Å². The molecule has 3 amide bonds. The molecule has 0 heterocycles. The molecule has 0 aliphatic heterocycles. The van der Waals surface area contributed by atoms with Crippen molar-refractivity contribution in [2.45, 2.75) is 51.2 Å². The zero-order chi connectivity index (χ0) is 21.3. The molecule has 0 unspecified atom stereocenters. The van der Waals surface area contributed by atoms with Crippen molar-refractivity contribution in [1.82, 2.24) is 10.6 Å². The highest BCUT2D eigenvalue weighted by molar-refractivity contribution is 5.98. The first-order valence-electron chi connectivity index (χ1n) is 10.2. The van der Waals surface area contributed by atoms with Crippen LogP contribution in [-0.4, -0.2) is 30.1 Å². The number of amides is 3. The molecule has 158 valence electrons. The number of carbonyl (C=O) groups is 3. The maximum absolute atomic E-state index is 12.4. The summed E-state index contributed by atoms with van der Waals surface area (Å²) in [5, 5.41) is 5.03. The number of imide groups is 1. The van der Waals surface area contributed by atoms with Gasteiger partial charge >= 0.3 is 12.0 Å². The lowest BCUT2D eigenvalue weighted by atomic mass is 9.96. The summed E-state index contributed by atoms with van der Waals surface area (Å²) in [5.41, 5.74) is 0.245. The van der Waals surface area contributed by atoms with Gasteiger partial charge in [-0.05, 0) is 50.1 Å². The Balaban J connectivity index is 1.51. The third-order valence-corrected chi connectivity index (χ3v) is 4.88. The molecule has 7 heteroatoms. The maximum Gasteiger partial charge on any atom is 0.339 e. The molecule has 7 nitrogen and oxygen atoms in total. The molecule has 0 spiro atoms. The van der Waals surface area contributed by atoms with E-state index in [4.69, 9.17) is 9.47 Å². The van der Waals surface area contributed by atoms with Gasteiger partial charge in [0.05, 0.1) is 5.56 Å². The maximum atomic E-state index is 12.4. The molecule has 1 aliphatic carbocycles. The Kier molecular flexibility index (Phi) is 7.43. The number of esters is 1. The van der Waals surface area contributed by atoms with Gasteiger partial charge in [-0.2, -0.15) is 0 Å². The van der Waals surface area contributed by atoms with Gasteiger partial charge < -0.3 is 14.8 Å². The van der Waals surface area contributed by atoms with Gasteiger partial charge in [0.2, 0.25) is 0 Å². The number of carbonyl (C=O) groups excluding carboxylic acids is 3. The Labute approximate surface area is 175 Å². The van der Waals surface area contributed by atoms with Gasteiger partial charge in [0.15, 0.2) is 6.10 Å². The van der Waals surface area contributed by atoms with Crippen LogP contribution in [-0.2, 0) is 9.53 Å². The van der Waals surface area contributed by atoms with Gasteiger partial charge in [-0.3, -0.25) is 10.1 Å². The fourth-order valence-electron chi connectivity index (χ4n) is 3.28. The number of nitrogens with one attached hydrogen (secondary N) is 2. The van der Waals surface area contributed by atoms with Crippen LogP contribution in [0.25, 0.3) is 0 Å². The molecule has 1 aliphatic rings. The molecule has 0 aromatic heterocycles. The lowest BCUT2D eigenvalue weighted by Gasteiger charge is -2.23. The Bertz CT molecular complexity index is 878. The molecule has 1 fully saturated rings. The number of rotatable bonds is 6.